The highest BCUT2D eigenvalue weighted by molar-refractivity contribution is 7.13. The molecule has 0 fully saturated rings. The van der Waals surface area contributed by atoms with E-state index in [1.165, 1.54) is 12.1 Å². The SMILES string of the molecule is Cc1ccc(-n2nc(-c3cccs3)cc2C(=O)NCc2ccc(F)cc2)cc1. The minimum absolute atomic E-state index is 0.236. The Morgan fingerprint density at radius 2 is 1.86 bits per heavy atom. The fourth-order valence-electron chi connectivity index (χ4n) is 2.85. The number of nitrogens with zero attached hydrogens (tertiary/aromatic N) is 2. The molecule has 0 radical (unpaired) electrons. The summed E-state index contributed by atoms with van der Waals surface area (Å²) < 4.78 is 14.7. The molecule has 0 bridgehead atoms. The Kier molecular flexibility index (Phi) is 5.04. The van der Waals surface area contributed by atoms with Crippen molar-refractivity contribution in [1.82, 2.24) is 15.1 Å². The molecule has 1 amide bonds. The molecular formula is C22H18FN3OS. The maximum Gasteiger partial charge on any atom is 0.270 e. The van der Waals surface area contributed by atoms with Gasteiger partial charge in [-0.05, 0) is 54.3 Å². The first-order valence-corrected chi connectivity index (χ1v) is 9.72. The van der Waals surface area contributed by atoms with Crippen LogP contribution in [0.15, 0.2) is 72.1 Å². The van der Waals surface area contributed by atoms with E-state index in [4.69, 9.17) is 0 Å². The summed E-state index contributed by atoms with van der Waals surface area (Å²) in [5, 5.41) is 9.53. The Hall–Kier alpha value is -3.25. The third kappa shape index (κ3) is 3.87. The van der Waals surface area contributed by atoms with Gasteiger partial charge in [-0.15, -0.1) is 11.3 Å². The van der Waals surface area contributed by atoms with Gasteiger partial charge in [-0.2, -0.15) is 5.10 Å². The Morgan fingerprint density at radius 3 is 2.54 bits per heavy atom. The molecule has 0 saturated heterocycles. The molecule has 0 aliphatic carbocycles. The van der Waals surface area contributed by atoms with Crippen LogP contribution in [0.2, 0.25) is 0 Å². The molecule has 0 unspecified atom stereocenters. The zero-order valence-corrected chi connectivity index (χ0v) is 16.0. The smallest absolute Gasteiger partial charge is 0.270 e. The lowest BCUT2D eigenvalue weighted by molar-refractivity contribution is 0.0943. The van der Waals surface area contributed by atoms with Crippen LogP contribution in [0.5, 0.6) is 0 Å². The van der Waals surface area contributed by atoms with Gasteiger partial charge in [-0.25, -0.2) is 9.07 Å². The van der Waals surface area contributed by atoms with Gasteiger partial charge in [-0.1, -0.05) is 35.9 Å². The van der Waals surface area contributed by atoms with Crippen molar-refractivity contribution in [2.45, 2.75) is 13.5 Å². The van der Waals surface area contributed by atoms with Crippen LogP contribution < -0.4 is 5.32 Å². The minimum Gasteiger partial charge on any atom is -0.347 e. The molecule has 28 heavy (non-hydrogen) atoms. The number of carbonyl (C=O) groups excluding carboxylic acids is 1. The summed E-state index contributed by atoms with van der Waals surface area (Å²) in [5.74, 6) is -0.534. The number of aromatic nitrogens is 2. The number of hydrogen-bond donors (Lipinski definition) is 1. The van der Waals surface area contributed by atoms with Crippen molar-refractivity contribution in [3.05, 3.63) is 94.7 Å². The molecule has 4 nitrogen and oxygen atoms in total. The van der Waals surface area contributed by atoms with Gasteiger partial charge in [0.1, 0.15) is 17.2 Å². The largest absolute Gasteiger partial charge is 0.347 e. The fraction of sp³-hybridized carbons (Fsp3) is 0.0909. The van der Waals surface area contributed by atoms with E-state index in [2.05, 4.69) is 10.4 Å². The number of benzene rings is 2. The number of nitrogens with one attached hydrogen (secondary N) is 1. The molecule has 0 aliphatic rings. The average molecular weight is 391 g/mol. The Labute approximate surface area is 166 Å². The summed E-state index contributed by atoms with van der Waals surface area (Å²) >= 11 is 1.58. The zero-order chi connectivity index (χ0) is 19.5. The number of halogens is 1. The van der Waals surface area contributed by atoms with Crippen LogP contribution in [0.3, 0.4) is 0 Å². The standard InChI is InChI=1S/C22H18FN3OS/c1-15-4-10-18(11-5-15)26-20(13-19(25-26)21-3-2-12-28-21)22(27)24-14-16-6-8-17(23)9-7-16/h2-13H,14H2,1H3,(H,24,27). The first-order chi connectivity index (χ1) is 13.6. The Balaban J connectivity index is 1.64. The van der Waals surface area contributed by atoms with E-state index in [0.717, 1.165) is 27.4 Å². The number of aryl methyl sites for hydroxylation is 1. The van der Waals surface area contributed by atoms with Gasteiger partial charge in [0.05, 0.1) is 10.6 Å². The average Bonchev–Trinajstić information content (AvgIpc) is 3.38. The molecule has 0 spiro atoms. The molecular weight excluding hydrogens is 373 g/mol. The van der Waals surface area contributed by atoms with Crippen molar-refractivity contribution >= 4 is 17.2 Å². The van der Waals surface area contributed by atoms with Gasteiger partial charge in [0.2, 0.25) is 0 Å². The monoisotopic (exact) mass is 391 g/mol. The second-order valence-electron chi connectivity index (χ2n) is 6.45. The molecule has 6 heteroatoms. The molecule has 1 N–H and O–H groups in total. The molecule has 140 valence electrons. The molecule has 4 rings (SSSR count). The van der Waals surface area contributed by atoms with E-state index in [0.29, 0.717) is 12.2 Å². The molecule has 0 saturated carbocycles. The summed E-state index contributed by atoms with van der Waals surface area (Å²) in [6, 6.07) is 19.7. The maximum absolute atomic E-state index is 13.1. The Morgan fingerprint density at radius 1 is 1.11 bits per heavy atom. The van der Waals surface area contributed by atoms with Crippen LogP contribution in [0.1, 0.15) is 21.6 Å². The first kappa shape index (κ1) is 18.1. The molecule has 0 atom stereocenters. The number of amides is 1. The number of rotatable bonds is 5. The van der Waals surface area contributed by atoms with E-state index < -0.39 is 0 Å². The number of thiophene rings is 1. The van der Waals surface area contributed by atoms with Crippen LogP contribution in [0.4, 0.5) is 4.39 Å². The van der Waals surface area contributed by atoms with E-state index in [-0.39, 0.29) is 11.7 Å². The van der Waals surface area contributed by atoms with E-state index in [9.17, 15) is 9.18 Å². The highest BCUT2D eigenvalue weighted by atomic mass is 32.1. The lowest BCUT2D eigenvalue weighted by Crippen LogP contribution is -2.25. The van der Waals surface area contributed by atoms with E-state index in [1.807, 2.05) is 48.7 Å². The molecule has 2 aromatic carbocycles. The van der Waals surface area contributed by atoms with Gasteiger partial charge in [0.15, 0.2) is 0 Å². The lowest BCUT2D eigenvalue weighted by Gasteiger charge is -2.09. The van der Waals surface area contributed by atoms with Crippen molar-refractivity contribution in [2.75, 3.05) is 0 Å². The number of carbonyl (C=O) groups is 1. The molecule has 0 aliphatic heterocycles. The summed E-state index contributed by atoms with van der Waals surface area (Å²) in [5.41, 5.74) is 3.99. The third-order valence-electron chi connectivity index (χ3n) is 4.36. The van der Waals surface area contributed by atoms with Crippen LogP contribution in [-0.4, -0.2) is 15.7 Å². The highest BCUT2D eigenvalue weighted by Crippen LogP contribution is 2.26. The molecule has 2 aromatic heterocycles. The predicted octanol–water partition coefficient (Wildman–Crippen LogP) is 4.98. The second kappa shape index (κ2) is 7.78. The fourth-order valence-corrected chi connectivity index (χ4v) is 3.53. The van der Waals surface area contributed by atoms with Crippen LogP contribution >= 0.6 is 11.3 Å². The van der Waals surface area contributed by atoms with Crippen LogP contribution in [-0.2, 0) is 6.54 Å². The van der Waals surface area contributed by atoms with Gasteiger partial charge >= 0.3 is 0 Å². The van der Waals surface area contributed by atoms with Gasteiger partial charge in [-0.3, -0.25) is 4.79 Å². The van der Waals surface area contributed by atoms with E-state index >= 15 is 0 Å². The Bertz CT molecular complexity index is 1080. The topological polar surface area (TPSA) is 46.9 Å². The van der Waals surface area contributed by atoms with Crippen LogP contribution in [0, 0.1) is 12.7 Å². The summed E-state index contributed by atoms with van der Waals surface area (Å²) in [4.78, 5) is 13.9. The third-order valence-corrected chi connectivity index (χ3v) is 5.25. The quantitative estimate of drug-likeness (QED) is 0.522. The minimum atomic E-state index is -0.298. The normalized spacial score (nSPS) is 10.8. The number of hydrogen-bond acceptors (Lipinski definition) is 3. The van der Waals surface area contributed by atoms with Gasteiger partial charge < -0.3 is 5.32 Å². The van der Waals surface area contributed by atoms with Crippen LogP contribution in [0.25, 0.3) is 16.3 Å². The zero-order valence-electron chi connectivity index (χ0n) is 15.2. The lowest BCUT2D eigenvalue weighted by atomic mass is 10.2. The summed E-state index contributed by atoms with van der Waals surface area (Å²) in [6.45, 7) is 2.33. The van der Waals surface area contributed by atoms with Crippen molar-refractivity contribution in [3.8, 4) is 16.3 Å². The predicted molar refractivity (Wildman–Crippen MR) is 109 cm³/mol. The molecule has 2 heterocycles. The van der Waals surface area contributed by atoms with Crippen molar-refractivity contribution < 1.29 is 9.18 Å². The first-order valence-electron chi connectivity index (χ1n) is 8.84. The van der Waals surface area contributed by atoms with Gasteiger partial charge in [0.25, 0.3) is 5.91 Å². The second-order valence-corrected chi connectivity index (χ2v) is 7.40. The van der Waals surface area contributed by atoms with Crippen molar-refractivity contribution in [3.63, 3.8) is 0 Å². The van der Waals surface area contributed by atoms with Gasteiger partial charge in [0, 0.05) is 6.54 Å². The highest BCUT2D eigenvalue weighted by Gasteiger charge is 2.18. The van der Waals surface area contributed by atoms with Crippen molar-refractivity contribution in [2.24, 2.45) is 0 Å². The molecule has 4 aromatic rings. The van der Waals surface area contributed by atoms with E-state index in [1.54, 1.807) is 34.2 Å². The summed E-state index contributed by atoms with van der Waals surface area (Å²) in [7, 11) is 0. The van der Waals surface area contributed by atoms with Crippen molar-refractivity contribution in [1.29, 1.82) is 0 Å². The summed E-state index contributed by atoms with van der Waals surface area (Å²) in [6.07, 6.45) is 0. The maximum atomic E-state index is 13.1.